The van der Waals surface area contributed by atoms with Gasteiger partial charge in [-0.3, -0.25) is 4.79 Å². The van der Waals surface area contributed by atoms with Gasteiger partial charge in [-0.25, -0.2) is 14.4 Å². The molecule has 7 heteroatoms. The number of carbonyl (C=O) groups excluding carboxylic acids is 1. The minimum absolute atomic E-state index is 0.259. The molecule has 1 N–H and O–H groups in total. The molecule has 1 amide bonds. The summed E-state index contributed by atoms with van der Waals surface area (Å²) in [4.78, 5) is 25.6. The summed E-state index contributed by atoms with van der Waals surface area (Å²) in [5.41, 5.74) is 1.18. The third kappa shape index (κ3) is 4.51. The number of amides is 1. The Morgan fingerprint density at radius 2 is 1.84 bits per heavy atom. The van der Waals surface area contributed by atoms with Crippen molar-refractivity contribution in [3.05, 3.63) is 53.2 Å². The standard InChI is InChI=1S/C18H22FN5O/c1-13-21-16(11-17(22-13)24-9-7-23(2)8-10-24)18(25)20-12-14-3-5-15(19)6-4-14/h3-6,11H,7-10,12H2,1-2H3,(H,20,25). The number of nitrogens with one attached hydrogen (secondary N) is 1. The van der Waals surface area contributed by atoms with Gasteiger partial charge in [-0.2, -0.15) is 0 Å². The summed E-state index contributed by atoms with van der Waals surface area (Å²) in [7, 11) is 2.09. The van der Waals surface area contributed by atoms with Crippen LogP contribution in [0.4, 0.5) is 10.2 Å². The number of aryl methyl sites for hydroxylation is 1. The van der Waals surface area contributed by atoms with Gasteiger partial charge in [0, 0.05) is 38.8 Å². The Hall–Kier alpha value is -2.54. The summed E-state index contributed by atoms with van der Waals surface area (Å²) in [6.45, 7) is 5.81. The van der Waals surface area contributed by atoms with Crippen molar-refractivity contribution in [1.29, 1.82) is 0 Å². The van der Waals surface area contributed by atoms with E-state index in [-0.39, 0.29) is 11.7 Å². The number of piperazine rings is 1. The second-order valence-corrected chi connectivity index (χ2v) is 6.26. The van der Waals surface area contributed by atoms with Crippen molar-refractivity contribution in [2.24, 2.45) is 0 Å². The lowest BCUT2D eigenvalue weighted by Gasteiger charge is -2.33. The van der Waals surface area contributed by atoms with E-state index >= 15 is 0 Å². The molecule has 2 aromatic rings. The highest BCUT2D eigenvalue weighted by atomic mass is 19.1. The van der Waals surface area contributed by atoms with Crippen molar-refractivity contribution < 1.29 is 9.18 Å². The van der Waals surface area contributed by atoms with Crippen molar-refractivity contribution in [1.82, 2.24) is 20.2 Å². The molecule has 1 saturated heterocycles. The average molecular weight is 343 g/mol. The molecule has 0 unspecified atom stereocenters. The summed E-state index contributed by atoms with van der Waals surface area (Å²) in [6.07, 6.45) is 0. The van der Waals surface area contributed by atoms with Crippen LogP contribution in [0, 0.1) is 12.7 Å². The Bertz CT molecular complexity index is 742. The van der Waals surface area contributed by atoms with E-state index in [0.717, 1.165) is 37.6 Å². The predicted molar refractivity (Wildman–Crippen MR) is 94.0 cm³/mol. The van der Waals surface area contributed by atoms with E-state index in [0.29, 0.717) is 18.1 Å². The number of anilines is 1. The summed E-state index contributed by atoms with van der Waals surface area (Å²) < 4.78 is 12.9. The second kappa shape index (κ2) is 7.57. The van der Waals surface area contributed by atoms with Crippen LogP contribution in [0.2, 0.25) is 0 Å². The zero-order valence-electron chi connectivity index (χ0n) is 14.5. The molecule has 0 saturated carbocycles. The maximum atomic E-state index is 12.9. The molecule has 0 aliphatic carbocycles. The third-order valence-corrected chi connectivity index (χ3v) is 4.25. The molecule has 1 aliphatic rings. The maximum Gasteiger partial charge on any atom is 0.270 e. The van der Waals surface area contributed by atoms with Gasteiger partial charge >= 0.3 is 0 Å². The SMILES string of the molecule is Cc1nc(C(=O)NCc2ccc(F)cc2)cc(N2CCN(C)CC2)n1. The molecule has 6 nitrogen and oxygen atoms in total. The quantitative estimate of drug-likeness (QED) is 0.914. The van der Waals surface area contributed by atoms with Gasteiger partial charge in [0.2, 0.25) is 0 Å². The topological polar surface area (TPSA) is 61.4 Å². The van der Waals surface area contributed by atoms with Crippen LogP contribution in [0.1, 0.15) is 21.9 Å². The number of carbonyl (C=O) groups is 1. The third-order valence-electron chi connectivity index (χ3n) is 4.25. The Morgan fingerprint density at radius 1 is 1.16 bits per heavy atom. The first-order chi connectivity index (χ1) is 12.0. The van der Waals surface area contributed by atoms with Gasteiger partial charge in [0.25, 0.3) is 5.91 Å². The molecule has 0 radical (unpaired) electrons. The molecular weight excluding hydrogens is 321 g/mol. The van der Waals surface area contributed by atoms with E-state index in [2.05, 4.69) is 32.1 Å². The van der Waals surface area contributed by atoms with Gasteiger partial charge in [0.1, 0.15) is 23.2 Å². The largest absolute Gasteiger partial charge is 0.354 e. The van der Waals surface area contributed by atoms with Crippen molar-refractivity contribution in [3.8, 4) is 0 Å². The maximum absolute atomic E-state index is 12.9. The normalized spacial score (nSPS) is 15.2. The fourth-order valence-electron chi connectivity index (χ4n) is 2.74. The summed E-state index contributed by atoms with van der Waals surface area (Å²) in [5.74, 6) is 0.805. The molecular formula is C18H22FN5O. The van der Waals surface area contributed by atoms with E-state index in [4.69, 9.17) is 0 Å². The number of nitrogens with zero attached hydrogens (tertiary/aromatic N) is 4. The molecule has 25 heavy (non-hydrogen) atoms. The highest BCUT2D eigenvalue weighted by Gasteiger charge is 2.18. The number of aromatic nitrogens is 2. The van der Waals surface area contributed by atoms with Gasteiger partial charge in [0.15, 0.2) is 0 Å². The Morgan fingerprint density at radius 3 is 2.52 bits per heavy atom. The van der Waals surface area contributed by atoms with E-state index < -0.39 is 0 Å². The van der Waals surface area contributed by atoms with E-state index in [1.165, 1.54) is 12.1 Å². The zero-order valence-corrected chi connectivity index (χ0v) is 14.5. The Kier molecular flexibility index (Phi) is 5.23. The van der Waals surface area contributed by atoms with Gasteiger partial charge in [-0.05, 0) is 31.7 Å². The van der Waals surface area contributed by atoms with E-state index in [9.17, 15) is 9.18 Å². The van der Waals surface area contributed by atoms with E-state index in [1.807, 2.05) is 0 Å². The van der Waals surface area contributed by atoms with Crippen LogP contribution in [0.15, 0.2) is 30.3 Å². The highest BCUT2D eigenvalue weighted by molar-refractivity contribution is 5.92. The smallest absolute Gasteiger partial charge is 0.270 e. The summed E-state index contributed by atoms with van der Waals surface area (Å²) >= 11 is 0. The molecule has 1 fully saturated rings. The number of benzene rings is 1. The van der Waals surface area contributed by atoms with Crippen LogP contribution in [0.25, 0.3) is 0 Å². The molecule has 1 aromatic heterocycles. The average Bonchev–Trinajstić information content (AvgIpc) is 2.61. The minimum atomic E-state index is -0.293. The lowest BCUT2D eigenvalue weighted by atomic mass is 10.2. The Labute approximate surface area is 146 Å². The first kappa shape index (κ1) is 17.3. The van der Waals surface area contributed by atoms with Gasteiger partial charge in [-0.1, -0.05) is 12.1 Å². The van der Waals surface area contributed by atoms with Crippen LogP contribution in [-0.2, 0) is 6.54 Å². The monoisotopic (exact) mass is 343 g/mol. The number of likely N-dealkylation sites (N-methyl/N-ethyl adjacent to an activating group) is 1. The fourth-order valence-corrected chi connectivity index (χ4v) is 2.74. The van der Waals surface area contributed by atoms with Crippen LogP contribution in [0.5, 0.6) is 0 Å². The first-order valence-corrected chi connectivity index (χ1v) is 8.33. The van der Waals surface area contributed by atoms with Crippen LogP contribution in [0.3, 0.4) is 0 Å². The minimum Gasteiger partial charge on any atom is -0.354 e. The summed E-state index contributed by atoms with van der Waals surface area (Å²) in [5, 5.41) is 2.82. The number of rotatable bonds is 4. The summed E-state index contributed by atoms with van der Waals surface area (Å²) in [6, 6.07) is 7.79. The lowest BCUT2D eigenvalue weighted by molar-refractivity contribution is 0.0945. The van der Waals surface area contributed by atoms with Crippen molar-refractivity contribution in [3.63, 3.8) is 0 Å². The number of halogens is 1. The van der Waals surface area contributed by atoms with Crippen LogP contribution < -0.4 is 10.2 Å². The molecule has 1 aliphatic heterocycles. The van der Waals surface area contributed by atoms with Gasteiger partial charge < -0.3 is 15.1 Å². The van der Waals surface area contributed by atoms with Crippen LogP contribution >= 0.6 is 0 Å². The second-order valence-electron chi connectivity index (χ2n) is 6.26. The van der Waals surface area contributed by atoms with Crippen molar-refractivity contribution in [2.45, 2.75) is 13.5 Å². The van der Waals surface area contributed by atoms with Gasteiger partial charge in [-0.15, -0.1) is 0 Å². The molecule has 1 aromatic carbocycles. The first-order valence-electron chi connectivity index (χ1n) is 8.33. The van der Waals surface area contributed by atoms with Crippen molar-refractivity contribution in [2.75, 3.05) is 38.1 Å². The molecule has 2 heterocycles. The van der Waals surface area contributed by atoms with Gasteiger partial charge in [0.05, 0.1) is 0 Å². The number of hydrogen-bond acceptors (Lipinski definition) is 5. The van der Waals surface area contributed by atoms with Crippen molar-refractivity contribution >= 4 is 11.7 Å². The highest BCUT2D eigenvalue weighted by Crippen LogP contribution is 2.15. The fraction of sp³-hybridized carbons (Fsp3) is 0.389. The molecule has 132 valence electrons. The molecule has 3 rings (SSSR count). The predicted octanol–water partition coefficient (Wildman–Crippen LogP) is 1.61. The number of hydrogen-bond donors (Lipinski definition) is 1. The molecule has 0 atom stereocenters. The lowest BCUT2D eigenvalue weighted by Crippen LogP contribution is -2.45. The zero-order chi connectivity index (χ0) is 17.8. The molecule has 0 bridgehead atoms. The van der Waals surface area contributed by atoms with E-state index in [1.54, 1.807) is 25.1 Å². The van der Waals surface area contributed by atoms with Crippen LogP contribution in [-0.4, -0.2) is 54.0 Å². The Balaban J connectivity index is 1.68. The molecule has 0 spiro atoms.